The Morgan fingerprint density at radius 3 is 2.50 bits per heavy atom. The molecule has 0 saturated heterocycles. The lowest BCUT2D eigenvalue weighted by Crippen LogP contribution is -2.37. The molecule has 110 valence electrons. The molecule has 0 aliphatic carbocycles. The maximum atomic E-state index is 12.7. The zero-order chi connectivity index (χ0) is 15.5. The van der Waals surface area contributed by atoms with Gasteiger partial charge < -0.3 is 0 Å². The number of benzene rings is 2. The topological polar surface area (TPSA) is 90.0 Å². The number of amides is 1. The molecule has 0 saturated carbocycles. The van der Waals surface area contributed by atoms with Gasteiger partial charge in [-0.05, 0) is 12.1 Å². The van der Waals surface area contributed by atoms with Crippen molar-refractivity contribution in [3.8, 4) is 11.3 Å². The van der Waals surface area contributed by atoms with Gasteiger partial charge in [-0.25, -0.2) is 10.8 Å². The number of carbonyl (C=O) groups is 1. The monoisotopic (exact) mass is 294 g/mol. The lowest BCUT2D eigenvalue weighted by Gasteiger charge is -2.11. The Morgan fingerprint density at radius 2 is 1.77 bits per heavy atom. The van der Waals surface area contributed by atoms with E-state index in [1.807, 2.05) is 41.8 Å². The number of hydrazine groups is 1. The summed E-state index contributed by atoms with van der Waals surface area (Å²) in [6.45, 7) is -0.155. The molecule has 1 aromatic heterocycles. The number of nitrogens with one attached hydrogen (secondary N) is 1. The quantitative estimate of drug-likeness (QED) is 0.429. The SMILES string of the molecule is NNC(=O)Cn1c(=O)c(-c2ccccc2)nc2ccccc21. The smallest absolute Gasteiger partial charge is 0.278 e. The zero-order valence-electron chi connectivity index (χ0n) is 11.7. The predicted molar refractivity (Wildman–Crippen MR) is 83.8 cm³/mol. The van der Waals surface area contributed by atoms with Gasteiger partial charge in [0.2, 0.25) is 0 Å². The zero-order valence-corrected chi connectivity index (χ0v) is 11.7. The molecule has 0 bridgehead atoms. The molecule has 2 aromatic carbocycles. The summed E-state index contributed by atoms with van der Waals surface area (Å²) in [5.74, 6) is 4.69. The summed E-state index contributed by atoms with van der Waals surface area (Å²) in [4.78, 5) is 28.8. The van der Waals surface area contributed by atoms with Gasteiger partial charge in [0.05, 0.1) is 11.0 Å². The molecule has 6 heteroatoms. The van der Waals surface area contributed by atoms with E-state index in [1.54, 1.807) is 18.2 Å². The van der Waals surface area contributed by atoms with Crippen LogP contribution < -0.4 is 16.8 Å². The summed E-state index contributed by atoms with van der Waals surface area (Å²) in [7, 11) is 0. The summed E-state index contributed by atoms with van der Waals surface area (Å²) in [6, 6.07) is 16.3. The highest BCUT2D eigenvalue weighted by Gasteiger charge is 2.14. The van der Waals surface area contributed by atoms with Gasteiger partial charge in [-0.1, -0.05) is 42.5 Å². The first-order chi connectivity index (χ1) is 10.7. The number of carbonyl (C=O) groups excluding carboxylic acids is 1. The van der Waals surface area contributed by atoms with Crippen LogP contribution >= 0.6 is 0 Å². The van der Waals surface area contributed by atoms with Crippen molar-refractivity contribution in [1.29, 1.82) is 0 Å². The Labute approximate surface area is 126 Å². The van der Waals surface area contributed by atoms with E-state index < -0.39 is 5.91 Å². The van der Waals surface area contributed by atoms with Crippen molar-refractivity contribution in [2.75, 3.05) is 0 Å². The molecule has 0 spiro atoms. The maximum absolute atomic E-state index is 12.7. The fraction of sp³-hybridized carbons (Fsp3) is 0.0625. The molecule has 0 radical (unpaired) electrons. The Hall–Kier alpha value is -2.99. The Morgan fingerprint density at radius 1 is 1.09 bits per heavy atom. The van der Waals surface area contributed by atoms with Gasteiger partial charge >= 0.3 is 0 Å². The first-order valence-corrected chi connectivity index (χ1v) is 6.75. The number of fused-ring (bicyclic) bond motifs is 1. The van der Waals surface area contributed by atoms with Crippen LogP contribution in [0.3, 0.4) is 0 Å². The van der Waals surface area contributed by atoms with Crippen LogP contribution in [0.15, 0.2) is 59.4 Å². The minimum atomic E-state index is -0.447. The summed E-state index contributed by atoms with van der Waals surface area (Å²) in [6.07, 6.45) is 0. The molecule has 3 N–H and O–H groups in total. The maximum Gasteiger partial charge on any atom is 0.278 e. The van der Waals surface area contributed by atoms with E-state index in [-0.39, 0.29) is 12.1 Å². The van der Waals surface area contributed by atoms with Crippen molar-refractivity contribution in [2.45, 2.75) is 6.54 Å². The van der Waals surface area contributed by atoms with Gasteiger partial charge in [-0.3, -0.25) is 19.6 Å². The lowest BCUT2D eigenvalue weighted by molar-refractivity contribution is -0.121. The molecule has 1 heterocycles. The van der Waals surface area contributed by atoms with Gasteiger partial charge in [-0.15, -0.1) is 0 Å². The van der Waals surface area contributed by atoms with Crippen molar-refractivity contribution >= 4 is 16.9 Å². The van der Waals surface area contributed by atoms with Crippen LogP contribution in [0.1, 0.15) is 0 Å². The highest BCUT2D eigenvalue weighted by molar-refractivity contribution is 5.81. The van der Waals surface area contributed by atoms with Crippen molar-refractivity contribution < 1.29 is 4.79 Å². The average Bonchev–Trinajstić information content (AvgIpc) is 2.57. The van der Waals surface area contributed by atoms with E-state index in [9.17, 15) is 9.59 Å². The number of para-hydroxylation sites is 2. The third kappa shape index (κ3) is 2.47. The number of hydrogen-bond acceptors (Lipinski definition) is 4. The molecule has 3 aromatic rings. The van der Waals surface area contributed by atoms with E-state index in [1.165, 1.54) is 4.57 Å². The van der Waals surface area contributed by atoms with E-state index >= 15 is 0 Å². The van der Waals surface area contributed by atoms with Crippen LogP contribution in [-0.4, -0.2) is 15.5 Å². The number of hydrogen-bond donors (Lipinski definition) is 2. The van der Waals surface area contributed by atoms with Crippen molar-refractivity contribution in [2.24, 2.45) is 5.84 Å². The highest BCUT2D eigenvalue weighted by atomic mass is 16.2. The molecule has 6 nitrogen and oxygen atoms in total. The summed E-state index contributed by atoms with van der Waals surface area (Å²) in [5, 5.41) is 0. The molecular formula is C16H14N4O2. The van der Waals surface area contributed by atoms with Crippen LogP contribution in [0.25, 0.3) is 22.3 Å². The highest BCUT2D eigenvalue weighted by Crippen LogP contribution is 2.17. The fourth-order valence-electron chi connectivity index (χ4n) is 2.32. The molecular weight excluding hydrogens is 280 g/mol. The van der Waals surface area contributed by atoms with Gasteiger partial charge in [-0.2, -0.15) is 0 Å². The number of nitrogens with zero attached hydrogens (tertiary/aromatic N) is 2. The molecule has 22 heavy (non-hydrogen) atoms. The summed E-state index contributed by atoms with van der Waals surface area (Å²) in [5.41, 5.74) is 3.98. The third-order valence-electron chi connectivity index (χ3n) is 3.36. The first-order valence-electron chi connectivity index (χ1n) is 6.75. The second-order valence-corrected chi connectivity index (χ2v) is 4.77. The van der Waals surface area contributed by atoms with Crippen LogP contribution in [0, 0.1) is 0 Å². The first kappa shape index (κ1) is 14.0. The average molecular weight is 294 g/mol. The van der Waals surface area contributed by atoms with Crippen LogP contribution in [0.4, 0.5) is 0 Å². The standard InChI is InChI=1S/C16H14N4O2/c17-19-14(21)10-20-13-9-5-4-8-12(13)18-15(16(20)22)11-6-2-1-3-7-11/h1-9H,10,17H2,(H,19,21). The number of rotatable bonds is 3. The van der Waals surface area contributed by atoms with Crippen LogP contribution in [0.5, 0.6) is 0 Å². The molecule has 3 rings (SSSR count). The van der Waals surface area contributed by atoms with Gasteiger partial charge in [0.25, 0.3) is 11.5 Å². The van der Waals surface area contributed by atoms with Crippen molar-refractivity contribution in [1.82, 2.24) is 15.0 Å². The summed E-state index contributed by atoms with van der Waals surface area (Å²) < 4.78 is 1.38. The lowest BCUT2D eigenvalue weighted by atomic mass is 10.1. The van der Waals surface area contributed by atoms with Gasteiger partial charge in [0.1, 0.15) is 12.2 Å². The van der Waals surface area contributed by atoms with Crippen LogP contribution in [0.2, 0.25) is 0 Å². The number of aromatic nitrogens is 2. The molecule has 0 aliphatic heterocycles. The Kier molecular flexibility index (Phi) is 3.67. The molecule has 0 fully saturated rings. The second kappa shape index (κ2) is 5.79. The van der Waals surface area contributed by atoms with Crippen molar-refractivity contribution in [3.63, 3.8) is 0 Å². The van der Waals surface area contributed by atoms with E-state index in [4.69, 9.17) is 5.84 Å². The minimum Gasteiger partial charge on any atom is -0.295 e. The predicted octanol–water partition coefficient (Wildman–Crippen LogP) is 1.05. The van der Waals surface area contributed by atoms with Gasteiger partial charge in [0.15, 0.2) is 0 Å². The molecule has 1 amide bonds. The van der Waals surface area contributed by atoms with E-state index in [2.05, 4.69) is 4.98 Å². The fourth-order valence-corrected chi connectivity index (χ4v) is 2.32. The summed E-state index contributed by atoms with van der Waals surface area (Å²) >= 11 is 0. The minimum absolute atomic E-state index is 0.155. The number of nitrogens with two attached hydrogens (primary N) is 1. The normalized spacial score (nSPS) is 10.6. The van der Waals surface area contributed by atoms with E-state index in [0.717, 1.165) is 0 Å². The Bertz CT molecular complexity index is 888. The molecule has 0 unspecified atom stereocenters. The largest absolute Gasteiger partial charge is 0.295 e. The Balaban J connectivity index is 2.29. The van der Waals surface area contributed by atoms with Gasteiger partial charge in [0, 0.05) is 5.56 Å². The van der Waals surface area contributed by atoms with E-state index in [0.29, 0.717) is 22.3 Å². The molecule has 0 aliphatic rings. The van der Waals surface area contributed by atoms with Crippen LogP contribution in [-0.2, 0) is 11.3 Å². The molecule has 0 atom stereocenters. The van der Waals surface area contributed by atoms with Crippen molar-refractivity contribution in [3.05, 3.63) is 65.0 Å². The second-order valence-electron chi connectivity index (χ2n) is 4.77. The third-order valence-corrected chi connectivity index (χ3v) is 3.36.